The third kappa shape index (κ3) is 3.71. The van der Waals surface area contributed by atoms with Crippen LogP contribution < -0.4 is 0 Å². The number of hydrogen-bond acceptors (Lipinski definition) is 4. The maximum atomic E-state index is 12.3. The maximum Gasteiger partial charge on any atom is 0.177 e. The quantitative estimate of drug-likeness (QED) is 0.784. The molecule has 1 aromatic carbocycles. The van der Waals surface area contributed by atoms with Gasteiger partial charge in [0.15, 0.2) is 15.6 Å². The number of sulfone groups is 1. The van der Waals surface area contributed by atoms with Crippen LogP contribution in [0, 0.1) is 0 Å². The summed E-state index contributed by atoms with van der Waals surface area (Å²) in [6.07, 6.45) is 0.148. The molecule has 1 saturated heterocycles. The van der Waals surface area contributed by atoms with Gasteiger partial charge in [-0.15, -0.1) is 0 Å². The van der Waals surface area contributed by atoms with Gasteiger partial charge < -0.3 is 4.74 Å². The molecule has 0 aliphatic carbocycles. The first-order chi connectivity index (χ1) is 9.81. The molecule has 1 fully saturated rings. The maximum absolute atomic E-state index is 12.3. The largest absolute Gasteiger partial charge is 0.377 e. The molecule has 0 spiro atoms. The molecule has 1 heterocycles. The van der Waals surface area contributed by atoms with Crippen LogP contribution in [0.25, 0.3) is 0 Å². The Labute approximate surface area is 126 Å². The van der Waals surface area contributed by atoms with Crippen molar-refractivity contribution in [2.24, 2.45) is 0 Å². The number of rotatable bonds is 5. The molecular formula is C16H22O4S. The predicted molar refractivity (Wildman–Crippen MR) is 82.5 cm³/mol. The smallest absolute Gasteiger partial charge is 0.177 e. The van der Waals surface area contributed by atoms with Crippen molar-refractivity contribution in [1.29, 1.82) is 0 Å². The molecule has 116 valence electrons. The summed E-state index contributed by atoms with van der Waals surface area (Å²) in [6, 6.07) is 7.18. The molecule has 2 unspecified atom stereocenters. The summed E-state index contributed by atoms with van der Waals surface area (Å²) < 4.78 is 29.9. The highest BCUT2D eigenvalue weighted by molar-refractivity contribution is 7.92. The van der Waals surface area contributed by atoms with Crippen LogP contribution in [0.2, 0.25) is 0 Å². The number of ketones is 1. The lowest BCUT2D eigenvalue weighted by molar-refractivity contribution is 0.102. The number of hydrogen-bond donors (Lipinski definition) is 0. The second-order valence-corrected chi connectivity index (χ2v) is 8.13. The number of Topliss-reactive ketones (excluding diaryl/α,β-unsaturated/α-hetero) is 1. The number of benzene rings is 1. The van der Waals surface area contributed by atoms with Gasteiger partial charge in [0.1, 0.15) is 5.75 Å². The van der Waals surface area contributed by atoms with E-state index in [1.807, 2.05) is 12.1 Å². The van der Waals surface area contributed by atoms with E-state index in [1.165, 1.54) is 0 Å². The Balaban J connectivity index is 2.10. The molecule has 0 saturated carbocycles. The first-order valence-electron chi connectivity index (χ1n) is 7.27. The Morgan fingerprint density at radius 2 is 1.90 bits per heavy atom. The predicted octanol–water partition coefficient (Wildman–Crippen LogP) is 2.58. The monoisotopic (exact) mass is 310 g/mol. The van der Waals surface area contributed by atoms with Crippen LogP contribution in [0.5, 0.6) is 0 Å². The Hall–Kier alpha value is -1.20. The van der Waals surface area contributed by atoms with E-state index in [0.29, 0.717) is 24.5 Å². The van der Waals surface area contributed by atoms with E-state index in [9.17, 15) is 13.2 Å². The summed E-state index contributed by atoms with van der Waals surface area (Å²) in [4.78, 5) is 12.2. The second kappa shape index (κ2) is 6.28. The Bertz CT molecular complexity index is 602. The van der Waals surface area contributed by atoms with Gasteiger partial charge in [0, 0.05) is 12.2 Å². The van der Waals surface area contributed by atoms with E-state index >= 15 is 0 Å². The highest BCUT2D eigenvalue weighted by Gasteiger charge is 2.36. The van der Waals surface area contributed by atoms with Crippen molar-refractivity contribution in [2.45, 2.75) is 44.5 Å². The molecule has 0 bridgehead atoms. The first kappa shape index (κ1) is 16.2. The molecule has 1 aromatic rings. The van der Waals surface area contributed by atoms with Gasteiger partial charge in [0.05, 0.1) is 11.4 Å². The van der Waals surface area contributed by atoms with Crippen molar-refractivity contribution < 1.29 is 17.9 Å². The zero-order valence-electron chi connectivity index (χ0n) is 12.7. The Morgan fingerprint density at radius 3 is 2.38 bits per heavy atom. The summed E-state index contributed by atoms with van der Waals surface area (Å²) in [5, 5.41) is -0.559. The molecule has 0 radical (unpaired) electrons. The van der Waals surface area contributed by atoms with Crippen LogP contribution in [0.15, 0.2) is 24.3 Å². The van der Waals surface area contributed by atoms with Gasteiger partial charge in [-0.25, -0.2) is 8.42 Å². The third-order valence-electron chi connectivity index (χ3n) is 4.00. The standard InChI is InChI=1S/C16H22O4S/c1-11(2)13-4-6-14(7-5-13)15(17)10-21(18,19)16-8-9-20-12(16)3/h4-7,11-12,16H,8-10H2,1-3H3. The summed E-state index contributed by atoms with van der Waals surface area (Å²) in [6.45, 7) is 6.34. The van der Waals surface area contributed by atoms with E-state index < -0.39 is 20.8 Å². The summed E-state index contributed by atoms with van der Waals surface area (Å²) >= 11 is 0. The van der Waals surface area contributed by atoms with Gasteiger partial charge in [-0.05, 0) is 24.8 Å². The Morgan fingerprint density at radius 1 is 1.29 bits per heavy atom. The lowest BCUT2D eigenvalue weighted by Crippen LogP contribution is -2.32. The summed E-state index contributed by atoms with van der Waals surface area (Å²) in [5.41, 5.74) is 1.58. The number of carbonyl (C=O) groups excluding carboxylic acids is 1. The van der Waals surface area contributed by atoms with Crippen LogP contribution >= 0.6 is 0 Å². The van der Waals surface area contributed by atoms with Gasteiger partial charge in [-0.1, -0.05) is 38.1 Å². The molecule has 2 rings (SSSR count). The van der Waals surface area contributed by atoms with Gasteiger partial charge in [-0.2, -0.15) is 0 Å². The van der Waals surface area contributed by atoms with Crippen LogP contribution in [0.3, 0.4) is 0 Å². The van der Waals surface area contributed by atoms with Crippen molar-refractivity contribution in [1.82, 2.24) is 0 Å². The minimum Gasteiger partial charge on any atom is -0.377 e. The molecule has 4 nitrogen and oxygen atoms in total. The van der Waals surface area contributed by atoms with Gasteiger partial charge >= 0.3 is 0 Å². The van der Waals surface area contributed by atoms with E-state index in [1.54, 1.807) is 19.1 Å². The lowest BCUT2D eigenvalue weighted by Gasteiger charge is -2.14. The van der Waals surface area contributed by atoms with Crippen molar-refractivity contribution in [3.05, 3.63) is 35.4 Å². The van der Waals surface area contributed by atoms with E-state index in [4.69, 9.17) is 4.74 Å². The molecule has 0 N–H and O–H groups in total. The third-order valence-corrected chi connectivity index (χ3v) is 6.21. The molecule has 0 aromatic heterocycles. The van der Waals surface area contributed by atoms with Crippen LogP contribution in [0.1, 0.15) is 49.0 Å². The van der Waals surface area contributed by atoms with E-state index in [2.05, 4.69) is 13.8 Å². The molecule has 2 atom stereocenters. The minimum absolute atomic E-state index is 0.328. The lowest BCUT2D eigenvalue weighted by atomic mass is 10.0. The van der Waals surface area contributed by atoms with Crippen molar-refractivity contribution >= 4 is 15.6 Å². The zero-order chi connectivity index (χ0) is 15.6. The normalized spacial score (nSPS) is 22.7. The molecule has 5 heteroatoms. The van der Waals surface area contributed by atoms with Crippen molar-refractivity contribution in [3.63, 3.8) is 0 Å². The van der Waals surface area contributed by atoms with Gasteiger partial charge in [-0.3, -0.25) is 4.79 Å². The second-order valence-electron chi connectivity index (χ2n) is 5.91. The number of ether oxygens (including phenoxy) is 1. The molecule has 0 amide bonds. The fraction of sp³-hybridized carbons (Fsp3) is 0.562. The fourth-order valence-electron chi connectivity index (χ4n) is 2.61. The average Bonchev–Trinajstić information content (AvgIpc) is 2.85. The fourth-order valence-corrected chi connectivity index (χ4v) is 4.47. The molecule has 1 aliphatic rings. The molecule has 1 aliphatic heterocycles. The minimum atomic E-state index is -3.46. The van der Waals surface area contributed by atoms with Crippen LogP contribution in [0.4, 0.5) is 0 Å². The first-order valence-corrected chi connectivity index (χ1v) is 8.99. The van der Waals surface area contributed by atoms with Crippen molar-refractivity contribution in [2.75, 3.05) is 12.4 Å². The summed E-state index contributed by atoms with van der Waals surface area (Å²) in [5.74, 6) is -0.398. The SMILES string of the molecule is CC(C)c1ccc(C(=O)CS(=O)(=O)C2CCOC2C)cc1. The number of carbonyl (C=O) groups is 1. The van der Waals surface area contributed by atoms with E-state index in [0.717, 1.165) is 5.56 Å². The van der Waals surface area contributed by atoms with Gasteiger partial charge in [0.25, 0.3) is 0 Å². The van der Waals surface area contributed by atoms with Gasteiger partial charge in [0.2, 0.25) is 0 Å². The Kier molecular flexibility index (Phi) is 4.84. The van der Waals surface area contributed by atoms with E-state index in [-0.39, 0.29) is 11.9 Å². The molecular weight excluding hydrogens is 288 g/mol. The highest BCUT2D eigenvalue weighted by Crippen LogP contribution is 2.22. The van der Waals surface area contributed by atoms with Crippen LogP contribution in [-0.2, 0) is 14.6 Å². The summed E-state index contributed by atoms with van der Waals surface area (Å²) in [7, 11) is -3.46. The highest BCUT2D eigenvalue weighted by atomic mass is 32.2. The zero-order valence-corrected chi connectivity index (χ0v) is 13.5. The topological polar surface area (TPSA) is 60.4 Å². The van der Waals surface area contributed by atoms with Crippen LogP contribution in [-0.4, -0.2) is 37.9 Å². The molecule has 21 heavy (non-hydrogen) atoms. The average molecular weight is 310 g/mol. The van der Waals surface area contributed by atoms with Crippen molar-refractivity contribution in [3.8, 4) is 0 Å².